The zero-order chi connectivity index (χ0) is 16.1. The number of morpholine rings is 1. The first-order valence-electron chi connectivity index (χ1n) is 7.42. The molecule has 1 aliphatic heterocycles. The number of benzene rings is 1. The molecule has 22 heavy (non-hydrogen) atoms. The van der Waals surface area contributed by atoms with Crippen molar-refractivity contribution >= 4 is 11.8 Å². The van der Waals surface area contributed by atoms with E-state index in [0.29, 0.717) is 26.3 Å². The van der Waals surface area contributed by atoms with Crippen molar-refractivity contribution in [3.63, 3.8) is 0 Å². The first kappa shape index (κ1) is 16.4. The number of ether oxygens (including phenoxy) is 1. The highest BCUT2D eigenvalue weighted by Gasteiger charge is 2.29. The van der Waals surface area contributed by atoms with Crippen LogP contribution in [-0.2, 0) is 9.53 Å². The molecule has 0 aromatic heterocycles. The van der Waals surface area contributed by atoms with E-state index in [4.69, 9.17) is 4.74 Å². The fraction of sp³-hybridized carbons (Fsp3) is 0.500. The van der Waals surface area contributed by atoms with Crippen molar-refractivity contribution in [3.05, 3.63) is 35.6 Å². The molecule has 0 unspecified atom stereocenters. The largest absolute Gasteiger partial charge is 0.378 e. The molecule has 6 heteroatoms. The molecule has 1 fully saturated rings. The monoisotopic (exact) mass is 308 g/mol. The summed E-state index contributed by atoms with van der Waals surface area (Å²) in [7, 11) is 0. The number of carbonyl (C=O) groups excluding carboxylic acids is 2. The van der Waals surface area contributed by atoms with Crippen LogP contribution in [0.25, 0.3) is 0 Å². The van der Waals surface area contributed by atoms with E-state index in [-0.39, 0.29) is 17.4 Å². The number of amides is 2. The molecule has 1 aliphatic rings. The standard InChI is InChI=1S/C16H21FN2O3/c1-11(2)14(16(21)19-6-8-22-9-7-19)18-15(20)12-4-3-5-13(17)10-12/h3-5,10-11,14H,6-9H2,1-2H3,(H,18,20)/t14-/m0/s1. The Hall–Kier alpha value is -1.95. The summed E-state index contributed by atoms with van der Waals surface area (Å²) in [6, 6.07) is 4.79. The third kappa shape index (κ3) is 4.04. The number of nitrogens with one attached hydrogen (secondary N) is 1. The van der Waals surface area contributed by atoms with Crippen molar-refractivity contribution in [2.24, 2.45) is 5.92 Å². The number of carbonyl (C=O) groups is 2. The highest BCUT2D eigenvalue weighted by molar-refractivity contribution is 5.97. The predicted octanol–water partition coefficient (Wildman–Crippen LogP) is 1.44. The smallest absolute Gasteiger partial charge is 0.252 e. The molecular weight excluding hydrogens is 287 g/mol. The summed E-state index contributed by atoms with van der Waals surface area (Å²) in [6.45, 7) is 5.81. The summed E-state index contributed by atoms with van der Waals surface area (Å²) in [5, 5.41) is 2.72. The Bertz CT molecular complexity index is 542. The van der Waals surface area contributed by atoms with Gasteiger partial charge < -0.3 is 15.0 Å². The zero-order valence-electron chi connectivity index (χ0n) is 12.8. The second kappa shape index (κ2) is 7.35. The van der Waals surface area contributed by atoms with E-state index < -0.39 is 17.8 Å². The molecule has 0 spiro atoms. The Morgan fingerprint density at radius 2 is 1.95 bits per heavy atom. The lowest BCUT2D eigenvalue weighted by Gasteiger charge is -2.32. The molecule has 2 rings (SSSR count). The molecule has 5 nitrogen and oxygen atoms in total. The first-order valence-corrected chi connectivity index (χ1v) is 7.42. The molecular formula is C16H21FN2O3. The van der Waals surface area contributed by atoms with Crippen LogP contribution in [0.4, 0.5) is 4.39 Å². The van der Waals surface area contributed by atoms with E-state index in [0.717, 1.165) is 6.07 Å². The van der Waals surface area contributed by atoms with Crippen molar-refractivity contribution in [1.29, 1.82) is 0 Å². The Kier molecular flexibility index (Phi) is 5.49. The molecule has 0 bridgehead atoms. The second-order valence-corrected chi connectivity index (χ2v) is 5.64. The van der Waals surface area contributed by atoms with Crippen LogP contribution in [0.1, 0.15) is 24.2 Å². The van der Waals surface area contributed by atoms with Crippen LogP contribution in [0.15, 0.2) is 24.3 Å². The van der Waals surface area contributed by atoms with Gasteiger partial charge in [0.25, 0.3) is 5.91 Å². The van der Waals surface area contributed by atoms with Gasteiger partial charge in [-0.1, -0.05) is 19.9 Å². The highest BCUT2D eigenvalue weighted by Crippen LogP contribution is 2.10. The Balaban J connectivity index is 2.08. The maximum absolute atomic E-state index is 13.2. The maximum atomic E-state index is 13.2. The van der Waals surface area contributed by atoms with Gasteiger partial charge in [0.1, 0.15) is 11.9 Å². The summed E-state index contributed by atoms with van der Waals surface area (Å²) in [5.41, 5.74) is 0.209. The van der Waals surface area contributed by atoms with Crippen LogP contribution in [0.2, 0.25) is 0 Å². The summed E-state index contributed by atoms with van der Waals surface area (Å²) < 4.78 is 18.4. The van der Waals surface area contributed by atoms with Crippen LogP contribution in [0.3, 0.4) is 0 Å². The van der Waals surface area contributed by atoms with Crippen molar-refractivity contribution in [2.75, 3.05) is 26.3 Å². The first-order chi connectivity index (χ1) is 10.5. The van der Waals surface area contributed by atoms with E-state index in [1.165, 1.54) is 18.2 Å². The lowest BCUT2D eigenvalue weighted by atomic mass is 10.0. The Morgan fingerprint density at radius 1 is 1.27 bits per heavy atom. The van der Waals surface area contributed by atoms with Gasteiger partial charge in [-0.05, 0) is 24.1 Å². The number of hydrogen-bond donors (Lipinski definition) is 1. The van der Waals surface area contributed by atoms with Gasteiger partial charge in [-0.2, -0.15) is 0 Å². The summed E-state index contributed by atoms with van der Waals surface area (Å²) in [4.78, 5) is 26.5. The Morgan fingerprint density at radius 3 is 2.55 bits per heavy atom. The van der Waals surface area contributed by atoms with Gasteiger partial charge in [0.2, 0.25) is 5.91 Å². The molecule has 1 saturated heterocycles. The molecule has 1 N–H and O–H groups in total. The number of halogens is 1. The average Bonchev–Trinajstić information content (AvgIpc) is 2.52. The van der Waals surface area contributed by atoms with E-state index in [1.54, 1.807) is 4.90 Å². The number of rotatable bonds is 4. The number of nitrogens with zero attached hydrogens (tertiary/aromatic N) is 1. The molecule has 1 aromatic carbocycles. The lowest BCUT2D eigenvalue weighted by Crippen LogP contribution is -2.53. The molecule has 120 valence electrons. The van der Waals surface area contributed by atoms with E-state index in [9.17, 15) is 14.0 Å². The van der Waals surface area contributed by atoms with Crippen LogP contribution < -0.4 is 5.32 Å². The van der Waals surface area contributed by atoms with Crippen molar-refractivity contribution in [2.45, 2.75) is 19.9 Å². The Labute approximate surface area is 129 Å². The number of hydrogen-bond acceptors (Lipinski definition) is 3. The minimum atomic E-state index is -0.631. The van der Waals surface area contributed by atoms with Gasteiger partial charge in [0, 0.05) is 18.7 Å². The molecule has 0 radical (unpaired) electrons. The minimum absolute atomic E-state index is 0.0622. The van der Waals surface area contributed by atoms with Crippen LogP contribution in [-0.4, -0.2) is 49.1 Å². The van der Waals surface area contributed by atoms with E-state index in [1.807, 2.05) is 13.8 Å². The summed E-state index contributed by atoms with van der Waals surface area (Å²) >= 11 is 0. The fourth-order valence-electron chi connectivity index (χ4n) is 2.35. The van der Waals surface area contributed by atoms with Crippen LogP contribution >= 0.6 is 0 Å². The molecule has 1 heterocycles. The quantitative estimate of drug-likeness (QED) is 0.915. The van der Waals surface area contributed by atoms with Gasteiger partial charge in [0.15, 0.2) is 0 Å². The van der Waals surface area contributed by atoms with Crippen LogP contribution in [0.5, 0.6) is 0 Å². The SMILES string of the molecule is CC(C)[C@H](NC(=O)c1cccc(F)c1)C(=O)N1CCOCC1. The zero-order valence-corrected chi connectivity index (χ0v) is 12.8. The molecule has 0 aliphatic carbocycles. The van der Waals surface area contributed by atoms with Crippen molar-refractivity contribution in [1.82, 2.24) is 10.2 Å². The lowest BCUT2D eigenvalue weighted by molar-refractivity contribution is -0.138. The molecule has 1 aromatic rings. The van der Waals surface area contributed by atoms with Gasteiger partial charge in [0.05, 0.1) is 13.2 Å². The molecule has 2 amide bonds. The minimum Gasteiger partial charge on any atom is -0.378 e. The highest BCUT2D eigenvalue weighted by atomic mass is 19.1. The molecule has 1 atom stereocenters. The predicted molar refractivity (Wildman–Crippen MR) is 79.9 cm³/mol. The van der Waals surface area contributed by atoms with E-state index in [2.05, 4.69) is 5.32 Å². The van der Waals surface area contributed by atoms with Gasteiger partial charge >= 0.3 is 0 Å². The van der Waals surface area contributed by atoms with E-state index >= 15 is 0 Å². The summed E-state index contributed by atoms with van der Waals surface area (Å²) in [6.07, 6.45) is 0. The van der Waals surface area contributed by atoms with Crippen LogP contribution in [0, 0.1) is 11.7 Å². The molecule has 0 saturated carbocycles. The normalized spacial score (nSPS) is 16.5. The fourth-order valence-corrected chi connectivity index (χ4v) is 2.35. The third-order valence-electron chi connectivity index (χ3n) is 3.63. The van der Waals surface area contributed by atoms with Gasteiger partial charge in [-0.25, -0.2) is 4.39 Å². The van der Waals surface area contributed by atoms with Gasteiger partial charge in [-0.15, -0.1) is 0 Å². The average molecular weight is 308 g/mol. The second-order valence-electron chi connectivity index (χ2n) is 5.64. The van der Waals surface area contributed by atoms with Gasteiger partial charge in [-0.3, -0.25) is 9.59 Å². The summed E-state index contributed by atoms with van der Waals surface area (Å²) in [5.74, 6) is -1.11. The maximum Gasteiger partial charge on any atom is 0.252 e. The topological polar surface area (TPSA) is 58.6 Å². The third-order valence-corrected chi connectivity index (χ3v) is 3.63. The van der Waals surface area contributed by atoms with Crippen molar-refractivity contribution in [3.8, 4) is 0 Å². The van der Waals surface area contributed by atoms with Crippen molar-refractivity contribution < 1.29 is 18.7 Å².